The van der Waals surface area contributed by atoms with Gasteiger partial charge in [0.2, 0.25) is 5.91 Å². The number of hydrogen-bond donors (Lipinski definition) is 2. The molecule has 0 rings (SSSR count). The van der Waals surface area contributed by atoms with Gasteiger partial charge < -0.3 is 11.1 Å². The lowest BCUT2D eigenvalue weighted by molar-refractivity contribution is -0.121. The molecule has 1 atom stereocenters. The van der Waals surface area contributed by atoms with E-state index in [0.717, 1.165) is 25.8 Å². The van der Waals surface area contributed by atoms with E-state index in [4.69, 9.17) is 5.73 Å². The third-order valence-electron chi connectivity index (χ3n) is 2.44. The second kappa shape index (κ2) is 6.89. The van der Waals surface area contributed by atoms with Crippen LogP contribution in [0.5, 0.6) is 0 Å². The van der Waals surface area contributed by atoms with E-state index in [2.05, 4.69) is 26.1 Å². The van der Waals surface area contributed by atoms with Gasteiger partial charge >= 0.3 is 0 Å². The highest BCUT2D eigenvalue weighted by Gasteiger charge is 2.22. The van der Waals surface area contributed by atoms with E-state index >= 15 is 0 Å². The first-order valence-corrected chi connectivity index (χ1v) is 5.19. The Balaban J connectivity index is 4.12. The molecule has 0 fully saturated rings. The van der Waals surface area contributed by atoms with E-state index in [1.54, 1.807) is 0 Å². The third kappa shape index (κ3) is 4.27. The van der Waals surface area contributed by atoms with Crippen molar-refractivity contribution in [3.8, 4) is 0 Å². The van der Waals surface area contributed by atoms with Crippen molar-refractivity contribution < 1.29 is 4.79 Å². The van der Waals surface area contributed by atoms with Crippen molar-refractivity contribution in [2.24, 2.45) is 11.7 Å². The summed E-state index contributed by atoms with van der Waals surface area (Å²) >= 11 is 0. The summed E-state index contributed by atoms with van der Waals surface area (Å²) in [4.78, 5) is 11.1. The van der Waals surface area contributed by atoms with Crippen molar-refractivity contribution in [2.45, 2.75) is 46.1 Å². The SMILES string of the molecule is CCCNC(C(N)=O)C(CC)CC. The quantitative estimate of drug-likeness (QED) is 0.629. The zero-order valence-electron chi connectivity index (χ0n) is 8.97. The van der Waals surface area contributed by atoms with Crippen LogP contribution in [0.4, 0.5) is 0 Å². The van der Waals surface area contributed by atoms with E-state index in [1.165, 1.54) is 0 Å². The number of primary amides is 1. The Bertz CT molecular complexity index is 144. The second-order valence-electron chi connectivity index (χ2n) is 3.41. The number of carbonyl (C=O) groups is 1. The lowest BCUT2D eigenvalue weighted by Gasteiger charge is -2.23. The fraction of sp³-hybridized carbons (Fsp3) is 0.900. The van der Waals surface area contributed by atoms with Crippen molar-refractivity contribution in [3.05, 3.63) is 0 Å². The van der Waals surface area contributed by atoms with Crippen LogP contribution in [0.1, 0.15) is 40.0 Å². The molecule has 0 aliphatic heterocycles. The van der Waals surface area contributed by atoms with Gasteiger partial charge in [0.15, 0.2) is 0 Å². The summed E-state index contributed by atoms with van der Waals surface area (Å²) in [6.45, 7) is 7.14. The molecule has 0 saturated carbocycles. The highest BCUT2D eigenvalue weighted by Crippen LogP contribution is 2.12. The van der Waals surface area contributed by atoms with E-state index in [-0.39, 0.29) is 11.9 Å². The number of amides is 1. The molecule has 3 N–H and O–H groups in total. The van der Waals surface area contributed by atoms with Gasteiger partial charge in [0.1, 0.15) is 0 Å². The molecule has 13 heavy (non-hydrogen) atoms. The van der Waals surface area contributed by atoms with Crippen LogP contribution >= 0.6 is 0 Å². The normalized spacial score (nSPS) is 13.2. The molecule has 3 heteroatoms. The van der Waals surface area contributed by atoms with Crippen LogP contribution in [-0.4, -0.2) is 18.5 Å². The van der Waals surface area contributed by atoms with E-state index in [0.29, 0.717) is 5.92 Å². The van der Waals surface area contributed by atoms with Gasteiger partial charge in [0.25, 0.3) is 0 Å². The van der Waals surface area contributed by atoms with Crippen LogP contribution in [0.2, 0.25) is 0 Å². The lowest BCUT2D eigenvalue weighted by atomic mass is 9.93. The Hall–Kier alpha value is -0.570. The molecule has 0 bridgehead atoms. The Morgan fingerprint density at radius 2 is 1.85 bits per heavy atom. The summed E-state index contributed by atoms with van der Waals surface area (Å²) in [7, 11) is 0. The Kier molecular flexibility index (Phi) is 6.59. The summed E-state index contributed by atoms with van der Waals surface area (Å²) in [5, 5.41) is 3.20. The highest BCUT2D eigenvalue weighted by molar-refractivity contribution is 5.80. The molecule has 0 spiro atoms. The molecular weight excluding hydrogens is 164 g/mol. The number of carbonyl (C=O) groups excluding carboxylic acids is 1. The lowest BCUT2D eigenvalue weighted by Crippen LogP contribution is -2.46. The number of rotatable bonds is 7. The smallest absolute Gasteiger partial charge is 0.234 e. The zero-order valence-corrected chi connectivity index (χ0v) is 8.97. The molecule has 0 aromatic heterocycles. The van der Waals surface area contributed by atoms with Crippen LogP contribution in [0.15, 0.2) is 0 Å². The molecule has 0 aromatic carbocycles. The first-order valence-electron chi connectivity index (χ1n) is 5.19. The topological polar surface area (TPSA) is 55.1 Å². The highest BCUT2D eigenvalue weighted by atomic mass is 16.1. The largest absolute Gasteiger partial charge is 0.368 e. The minimum Gasteiger partial charge on any atom is -0.368 e. The minimum atomic E-state index is -0.220. The maximum absolute atomic E-state index is 11.1. The van der Waals surface area contributed by atoms with Gasteiger partial charge in [-0.15, -0.1) is 0 Å². The maximum Gasteiger partial charge on any atom is 0.234 e. The third-order valence-corrected chi connectivity index (χ3v) is 2.44. The van der Waals surface area contributed by atoms with E-state index in [9.17, 15) is 4.79 Å². The molecule has 0 aromatic rings. The van der Waals surface area contributed by atoms with Gasteiger partial charge in [-0.2, -0.15) is 0 Å². The van der Waals surface area contributed by atoms with E-state index in [1.807, 2.05) is 0 Å². The standard InChI is InChI=1S/C10H22N2O/c1-4-7-12-9(10(11)13)8(5-2)6-3/h8-9,12H,4-7H2,1-3H3,(H2,11,13). The molecule has 78 valence electrons. The molecule has 0 aliphatic carbocycles. The van der Waals surface area contributed by atoms with Crippen molar-refractivity contribution >= 4 is 5.91 Å². The van der Waals surface area contributed by atoms with Gasteiger partial charge in [-0.3, -0.25) is 4.79 Å². The molecular formula is C10H22N2O. The van der Waals surface area contributed by atoms with Crippen LogP contribution < -0.4 is 11.1 Å². The van der Waals surface area contributed by atoms with Crippen molar-refractivity contribution in [1.82, 2.24) is 5.32 Å². The maximum atomic E-state index is 11.1. The van der Waals surface area contributed by atoms with Crippen molar-refractivity contribution in [3.63, 3.8) is 0 Å². The summed E-state index contributed by atoms with van der Waals surface area (Å²) in [6, 6.07) is -0.144. The Morgan fingerprint density at radius 3 is 2.15 bits per heavy atom. The molecule has 0 heterocycles. The van der Waals surface area contributed by atoms with Crippen molar-refractivity contribution in [1.29, 1.82) is 0 Å². The van der Waals surface area contributed by atoms with Crippen LogP contribution in [0.3, 0.4) is 0 Å². The van der Waals surface area contributed by atoms with Gasteiger partial charge in [-0.1, -0.05) is 33.6 Å². The Labute approximate surface area is 81.1 Å². The fourth-order valence-corrected chi connectivity index (χ4v) is 1.56. The molecule has 1 amide bonds. The summed E-state index contributed by atoms with van der Waals surface area (Å²) in [5.74, 6) is 0.159. The fourth-order valence-electron chi connectivity index (χ4n) is 1.56. The second-order valence-corrected chi connectivity index (χ2v) is 3.41. The van der Waals surface area contributed by atoms with Crippen LogP contribution in [0, 0.1) is 5.92 Å². The molecule has 0 saturated heterocycles. The van der Waals surface area contributed by atoms with Crippen LogP contribution in [0.25, 0.3) is 0 Å². The average Bonchev–Trinajstić information content (AvgIpc) is 2.11. The number of hydrogen-bond acceptors (Lipinski definition) is 2. The van der Waals surface area contributed by atoms with Crippen LogP contribution in [-0.2, 0) is 4.79 Å². The summed E-state index contributed by atoms with van der Waals surface area (Å²) in [6.07, 6.45) is 3.03. The number of nitrogens with two attached hydrogens (primary N) is 1. The van der Waals surface area contributed by atoms with E-state index < -0.39 is 0 Å². The first kappa shape index (κ1) is 12.4. The predicted molar refractivity (Wildman–Crippen MR) is 55.3 cm³/mol. The monoisotopic (exact) mass is 186 g/mol. The van der Waals surface area contributed by atoms with Gasteiger partial charge in [0, 0.05) is 0 Å². The molecule has 1 unspecified atom stereocenters. The van der Waals surface area contributed by atoms with Gasteiger partial charge in [-0.05, 0) is 18.9 Å². The first-order chi connectivity index (χ1) is 6.17. The van der Waals surface area contributed by atoms with Gasteiger partial charge in [0.05, 0.1) is 6.04 Å². The predicted octanol–water partition coefficient (Wildman–Crippen LogP) is 1.28. The molecule has 3 nitrogen and oxygen atoms in total. The van der Waals surface area contributed by atoms with Gasteiger partial charge in [-0.25, -0.2) is 0 Å². The zero-order chi connectivity index (χ0) is 10.3. The Morgan fingerprint density at radius 1 is 1.31 bits per heavy atom. The molecule has 0 radical (unpaired) electrons. The minimum absolute atomic E-state index is 0.144. The molecule has 0 aliphatic rings. The summed E-state index contributed by atoms with van der Waals surface area (Å²) in [5.41, 5.74) is 5.33. The van der Waals surface area contributed by atoms with Crippen molar-refractivity contribution in [2.75, 3.05) is 6.54 Å². The summed E-state index contributed by atoms with van der Waals surface area (Å²) < 4.78 is 0. The average molecular weight is 186 g/mol. The number of nitrogens with one attached hydrogen (secondary N) is 1.